The molecule has 0 radical (unpaired) electrons. The minimum Gasteiger partial charge on any atom is -0.493 e. The molecule has 3 rings (SSSR count). The second kappa shape index (κ2) is 9.47. The highest BCUT2D eigenvalue weighted by Crippen LogP contribution is 2.31. The van der Waals surface area contributed by atoms with E-state index in [-0.39, 0.29) is 6.61 Å². The predicted octanol–water partition coefficient (Wildman–Crippen LogP) is 6.78. The molecule has 3 aromatic rings. The smallest absolute Gasteiger partial charge is 0.161 e. The number of halogens is 3. The molecule has 29 heavy (non-hydrogen) atoms. The predicted molar refractivity (Wildman–Crippen MR) is 114 cm³/mol. The molecule has 0 fully saturated rings. The molecule has 0 saturated heterocycles. The van der Waals surface area contributed by atoms with E-state index in [0.717, 1.165) is 11.1 Å². The van der Waals surface area contributed by atoms with Crippen LogP contribution in [0.3, 0.4) is 0 Å². The third kappa shape index (κ3) is 5.29. The van der Waals surface area contributed by atoms with Crippen LogP contribution in [0.15, 0.2) is 60.7 Å². The van der Waals surface area contributed by atoms with Crippen molar-refractivity contribution >= 4 is 34.9 Å². The number of rotatable bonds is 6. The van der Waals surface area contributed by atoms with E-state index < -0.39 is 5.82 Å². The van der Waals surface area contributed by atoms with E-state index in [9.17, 15) is 9.65 Å². The van der Waals surface area contributed by atoms with Crippen LogP contribution in [-0.4, -0.2) is 7.11 Å². The molecule has 0 spiro atoms. The number of ether oxygens (including phenoxy) is 2. The van der Waals surface area contributed by atoms with Gasteiger partial charge in [0, 0.05) is 0 Å². The number of methoxy groups -OCH3 is 1. The highest BCUT2D eigenvalue weighted by atomic mass is 35.5. The highest BCUT2D eigenvalue weighted by molar-refractivity contribution is 6.42. The molecular weight excluding hydrogens is 412 g/mol. The lowest BCUT2D eigenvalue weighted by Gasteiger charge is -2.12. The normalized spacial score (nSPS) is 11.1. The Morgan fingerprint density at radius 3 is 2.55 bits per heavy atom. The first-order valence-electron chi connectivity index (χ1n) is 8.62. The summed E-state index contributed by atoms with van der Waals surface area (Å²) in [6, 6.07) is 18.6. The quantitative estimate of drug-likeness (QED) is 0.321. The summed E-state index contributed by atoms with van der Waals surface area (Å²) in [5.41, 5.74) is 2.44. The maximum Gasteiger partial charge on any atom is 0.161 e. The van der Waals surface area contributed by atoms with Gasteiger partial charge in [0.25, 0.3) is 0 Å². The van der Waals surface area contributed by atoms with E-state index in [1.165, 1.54) is 19.2 Å². The summed E-state index contributed by atoms with van der Waals surface area (Å²) in [6.45, 7) is 0.287. The Labute approximate surface area is 178 Å². The van der Waals surface area contributed by atoms with Gasteiger partial charge in [-0.05, 0) is 59.2 Å². The van der Waals surface area contributed by atoms with Crippen molar-refractivity contribution < 1.29 is 13.9 Å². The summed E-state index contributed by atoms with van der Waals surface area (Å²) in [5.74, 6) is 0.655. The van der Waals surface area contributed by atoms with Crippen molar-refractivity contribution in [1.82, 2.24) is 0 Å². The number of nitriles is 1. The first kappa shape index (κ1) is 20.7. The van der Waals surface area contributed by atoms with E-state index in [0.29, 0.717) is 32.7 Å². The van der Waals surface area contributed by atoms with Gasteiger partial charge in [-0.15, -0.1) is 0 Å². The van der Waals surface area contributed by atoms with Crippen molar-refractivity contribution in [2.24, 2.45) is 0 Å². The SMILES string of the molecule is COc1cc(/C=C(/C#N)c2cccc(F)c2)ccc1OCc1ccc(Cl)c(Cl)c1. The molecule has 0 bridgehead atoms. The summed E-state index contributed by atoms with van der Waals surface area (Å²) in [4.78, 5) is 0. The van der Waals surface area contributed by atoms with Gasteiger partial charge in [-0.2, -0.15) is 5.26 Å². The lowest BCUT2D eigenvalue weighted by atomic mass is 10.0. The highest BCUT2D eigenvalue weighted by Gasteiger charge is 2.08. The van der Waals surface area contributed by atoms with E-state index in [1.807, 2.05) is 6.07 Å². The van der Waals surface area contributed by atoms with Crippen LogP contribution in [0.1, 0.15) is 16.7 Å². The average Bonchev–Trinajstić information content (AvgIpc) is 2.73. The fourth-order valence-electron chi connectivity index (χ4n) is 2.69. The van der Waals surface area contributed by atoms with Gasteiger partial charge in [0.15, 0.2) is 11.5 Å². The number of nitrogens with zero attached hydrogens (tertiary/aromatic N) is 1. The van der Waals surface area contributed by atoms with E-state index in [1.54, 1.807) is 48.5 Å². The van der Waals surface area contributed by atoms with Crippen molar-refractivity contribution in [3.8, 4) is 17.6 Å². The molecule has 6 heteroatoms. The molecule has 0 aromatic heterocycles. The van der Waals surface area contributed by atoms with Gasteiger partial charge in [0.2, 0.25) is 0 Å². The topological polar surface area (TPSA) is 42.2 Å². The summed E-state index contributed by atoms with van der Waals surface area (Å²) in [5, 5.41) is 10.4. The Bertz CT molecular complexity index is 1110. The zero-order valence-electron chi connectivity index (χ0n) is 15.5. The third-order valence-electron chi connectivity index (χ3n) is 4.13. The van der Waals surface area contributed by atoms with Crippen molar-refractivity contribution in [1.29, 1.82) is 5.26 Å². The van der Waals surface area contributed by atoms with Crippen LogP contribution in [-0.2, 0) is 6.61 Å². The van der Waals surface area contributed by atoms with Crippen molar-refractivity contribution in [2.75, 3.05) is 7.11 Å². The minimum atomic E-state index is -0.396. The van der Waals surface area contributed by atoms with Crippen LogP contribution in [0.2, 0.25) is 10.0 Å². The van der Waals surface area contributed by atoms with E-state index >= 15 is 0 Å². The molecule has 0 aliphatic rings. The Morgan fingerprint density at radius 1 is 1.03 bits per heavy atom. The largest absolute Gasteiger partial charge is 0.493 e. The average molecular weight is 428 g/mol. The summed E-state index contributed by atoms with van der Waals surface area (Å²) >= 11 is 12.0. The lowest BCUT2D eigenvalue weighted by molar-refractivity contribution is 0.284. The molecule has 0 unspecified atom stereocenters. The van der Waals surface area contributed by atoms with Crippen LogP contribution in [0, 0.1) is 17.1 Å². The summed E-state index contributed by atoms with van der Waals surface area (Å²) in [6.07, 6.45) is 1.67. The van der Waals surface area contributed by atoms with Gasteiger partial charge in [-0.25, -0.2) is 4.39 Å². The Kier molecular flexibility index (Phi) is 6.77. The summed E-state index contributed by atoms with van der Waals surface area (Å²) in [7, 11) is 1.53. The van der Waals surface area contributed by atoms with Crippen molar-refractivity contribution in [3.05, 3.63) is 93.2 Å². The van der Waals surface area contributed by atoms with Crippen molar-refractivity contribution in [2.45, 2.75) is 6.61 Å². The fourth-order valence-corrected chi connectivity index (χ4v) is 3.01. The van der Waals surface area contributed by atoms with Crippen LogP contribution in [0.25, 0.3) is 11.6 Å². The Morgan fingerprint density at radius 2 is 1.86 bits per heavy atom. The van der Waals surface area contributed by atoms with Gasteiger partial charge in [0.1, 0.15) is 12.4 Å². The zero-order chi connectivity index (χ0) is 20.8. The first-order chi connectivity index (χ1) is 14.0. The fraction of sp³-hybridized carbons (Fsp3) is 0.0870. The van der Waals surface area contributed by atoms with Crippen LogP contribution >= 0.6 is 23.2 Å². The molecule has 0 N–H and O–H groups in total. The molecule has 0 heterocycles. The van der Waals surface area contributed by atoms with Gasteiger partial charge in [-0.1, -0.05) is 47.5 Å². The van der Waals surface area contributed by atoms with Gasteiger partial charge in [-0.3, -0.25) is 0 Å². The van der Waals surface area contributed by atoms with Crippen molar-refractivity contribution in [3.63, 3.8) is 0 Å². The van der Waals surface area contributed by atoms with Gasteiger partial charge >= 0.3 is 0 Å². The number of hydrogen-bond acceptors (Lipinski definition) is 3. The molecule has 0 atom stereocenters. The van der Waals surface area contributed by atoms with Gasteiger partial charge in [0.05, 0.1) is 28.8 Å². The monoisotopic (exact) mass is 427 g/mol. The molecule has 0 aliphatic carbocycles. The third-order valence-corrected chi connectivity index (χ3v) is 4.87. The van der Waals surface area contributed by atoms with E-state index in [2.05, 4.69) is 6.07 Å². The van der Waals surface area contributed by atoms with E-state index in [4.69, 9.17) is 32.7 Å². The molecule has 0 saturated carbocycles. The number of hydrogen-bond donors (Lipinski definition) is 0. The molecule has 3 nitrogen and oxygen atoms in total. The van der Waals surface area contributed by atoms with Crippen LogP contribution in [0.4, 0.5) is 4.39 Å². The maximum atomic E-state index is 13.5. The zero-order valence-corrected chi connectivity index (χ0v) is 17.0. The molecule has 0 amide bonds. The molecule has 3 aromatic carbocycles. The second-order valence-corrected chi connectivity index (χ2v) is 6.94. The molecule has 146 valence electrons. The minimum absolute atomic E-state index is 0.287. The van der Waals surface area contributed by atoms with Crippen LogP contribution in [0.5, 0.6) is 11.5 Å². The maximum absolute atomic E-state index is 13.5. The Hall–Kier alpha value is -3.00. The second-order valence-electron chi connectivity index (χ2n) is 6.13. The Balaban J connectivity index is 1.82. The first-order valence-corrected chi connectivity index (χ1v) is 9.38. The molecule has 0 aliphatic heterocycles. The number of benzene rings is 3. The van der Waals surface area contributed by atoms with Gasteiger partial charge < -0.3 is 9.47 Å². The summed E-state index contributed by atoms with van der Waals surface area (Å²) < 4.78 is 24.7. The lowest BCUT2D eigenvalue weighted by Crippen LogP contribution is -1.98. The molecular formula is C23H16Cl2FNO2. The standard InChI is InChI=1S/C23H16Cl2FNO2/c1-28-23-11-15(9-18(13-27)17-3-2-4-19(26)12-17)6-8-22(23)29-14-16-5-7-20(24)21(25)10-16/h2-12H,14H2,1H3/b18-9-. The number of allylic oxidation sites excluding steroid dienone is 1. The van der Waals surface area contributed by atoms with Crippen LogP contribution < -0.4 is 9.47 Å².